The summed E-state index contributed by atoms with van der Waals surface area (Å²) < 4.78 is 41.4. The highest BCUT2D eigenvalue weighted by Gasteiger charge is 2.30. The number of benzene rings is 1. The number of halogens is 2. The molecule has 1 saturated heterocycles. The van der Waals surface area contributed by atoms with E-state index >= 15 is 0 Å². The van der Waals surface area contributed by atoms with Gasteiger partial charge < -0.3 is 24.3 Å². The average molecular weight is 677 g/mol. The van der Waals surface area contributed by atoms with Crippen LogP contribution in [-0.4, -0.2) is 115 Å². The van der Waals surface area contributed by atoms with E-state index in [4.69, 9.17) is 14.5 Å². The maximum atomic E-state index is 13.7. The van der Waals surface area contributed by atoms with Crippen molar-refractivity contribution in [2.24, 2.45) is 7.05 Å². The number of H-pyrrole nitrogens is 1. The van der Waals surface area contributed by atoms with E-state index < -0.39 is 10.0 Å². The van der Waals surface area contributed by atoms with Crippen LogP contribution in [0.1, 0.15) is 32.4 Å². The second-order valence-electron chi connectivity index (χ2n) is 10.5. The zero-order valence-electron chi connectivity index (χ0n) is 25.9. The Morgan fingerprint density at radius 1 is 1.11 bits per heavy atom. The van der Waals surface area contributed by atoms with Gasteiger partial charge in [0.25, 0.3) is 5.56 Å². The molecule has 0 aliphatic carbocycles. The summed E-state index contributed by atoms with van der Waals surface area (Å²) in [7, 11) is 1.69. The fourth-order valence-corrected chi connectivity index (χ4v) is 6.37. The first-order valence-corrected chi connectivity index (χ1v) is 15.7. The highest BCUT2D eigenvalue weighted by atomic mass is 35.5. The number of aromatic amines is 1. The monoisotopic (exact) mass is 675 g/mol. The molecular weight excluding hydrogens is 633 g/mol. The molecular formula is C28H43Cl2N7O6S. The molecule has 0 saturated carbocycles. The summed E-state index contributed by atoms with van der Waals surface area (Å²) in [5, 5.41) is 4.47. The molecule has 0 bridgehead atoms. The second-order valence-corrected chi connectivity index (χ2v) is 12.5. The number of aryl methyl sites for hydroxylation is 2. The smallest absolute Gasteiger partial charge is 0.307 e. The minimum atomic E-state index is -3.85. The first-order valence-electron chi connectivity index (χ1n) is 14.3. The maximum Gasteiger partial charge on any atom is 0.307 e. The Kier molecular flexibility index (Phi) is 14.1. The third-order valence-corrected chi connectivity index (χ3v) is 9.05. The molecule has 246 valence electrons. The van der Waals surface area contributed by atoms with Crippen LogP contribution in [0.4, 0.5) is 0 Å². The lowest BCUT2D eigenvalue weighted by Gasteiger charge is -2.33. The third-order valence-electron chi connectivity index (χ3n) is 7.16. The predicted octanol–water partition coefficient (Wildman–Crippen LogP) is 2.32. The van der Waals surface area contributed by atoms with E-state index in [2.05, 4.69) is 15.0 Å². The largest absolute Gasteiger partial charge is 0.493 e. The minimum Gasteiger partial charge on any atom is -0.493 e. The predicted molar refractivity (Wildman–Crippen MR) is 174 cm³/mol. The van der Waals surface area contributed by atoms with Gasteiger partial charge in [0.05, 0.1) is 29.2 Å². The molecule has 1 aliphatic rings. The number of esters is 1. The quantitative estimate of drug-likeness (QED) is 0.268. The zero-order valence-corrected chi connectivity index (χ0v) is 28.3. The normalized spacial score (nSPS) is 14.3. The molecule has 4 rings (SSSR count). The summed E-state index contributed by atoms with van der Waals surface area (Å²) >= 11 is 0. The fourth-order valence-electron chi connectivity index (χ4n) is 4.92. The van der Waals surface area contributed by atoms with Gasteiger partial charge in [-0.25, -0.2) is 13.4 Å². The number of carbonyl (C=O) groups excluding carboxylic acids is 1. The number of piperazine rings is 1. The van der Waals surface area contributed by atoms with Crippen molar-refractivity contribution in [1.82, 2.24) is 33.9 Å². The van der Waals surface area contributed by atoms with Crippen LogP contribution in [-0.2, 0) is 33.0 Å². The maximum absolute atomic E-state index is 13.7. The molecule has 2 aromatic heterocycles. The number of aromatic nitrogens is 4. The van der Waals surface area contributed by atoms with Crippen LogP contribution >= 0.6 is 24.8 Å². The number of likely N-dealkylation sites (N-methyl/N-ethyl adjacent to an activating group) is 1. The van der Waals surface area contributed by atoms with E-state index in [1.165, 1.54) is 21.1 Å². The van der Waals surface area contributed by atoms with E-state index in [1.54, 1.807) is 13.1 Å². The van der Waals surface area contributed by atoms with Crippen molar-refractivity contribution in [2.45, 2.75) is 38.0 Å². The summed E-state index contributed by atoms with van der Waals surface area (Å²) in [5.41, 5.74) is 1.59. The molecule has 16 heteroatoms. The molecule has 1 aliphatic heterocycles. The van der Waals surface area contributed by atoms with Crippen LogP contribution in [0.15, 0.2) is 27.9 Å². The molecule has 0 radical (unpaired) electrons. The first kappa shape index (κ1) is 37.4. The van der Waals surface area contributed by atoms with Gasteiger partial charge in [-0.05, 0) is 45.6 Å². The molecule has 0 amide bonds. The number of hydrogen-bond donors (Lipinski definition) is 1. The Morgan fingerprint density at radius 3 is 2.45 bits per heavy atom. The minimum absolute atomic E-state index is 0. The zero-order chi connectivity index (χ0) is 30.4. The average Bonchev–Trinajstić information content (AvgIpc) is 3.27. The van der Waals surface area contributed by atoms with Gasteiger partial charge in [0.15, 0.2) is 5.52 Å². The van der Waals surface area contributed by atoms with Gasteiger partial charge in [0.1, 0.15) is 23.7 Å². The van der Waals surface area contributed by atoms with Crippen molar-refractivity contribution in [3.63, 3.8) is 0 Å². The van der Waals surface area contributed by atoms with Gasteiger partial charge >= 0.3 is 5.97 Å². The SMILES string of the molecule is CCCc1nn(C)c2c(=O)[nH]c(-c3cc(S(=O)(=O)N4CCN(CCC(=O)OCCN(C)C)CC4)ccc3OCC)nc12.Cl.Cl. The van der Waals surface area contributed by atoms with Crippen molar-refractivity contribution in [1.29, 1.82) is 0 Å². The Bertz CT molecular complexity index is 1570. The third kappa shape index (κ3) is 8.70. The summed E-state index contributed by atoms with van der Waals surface area (Å²) in [6.45, 7) is 7.31. The number of hydrogen-bond acceptors (Lipinski definition) is 10. The standard InChI is InChI=1S/C28H41N7O6S.2ClH/c1-6-8-22-25-26(33(5)31-22)28(37)30-27(29-25)21-19-20(9-10-23(21)40-7-2)42(38,39)35-15-13-34(14-16-35)12-11-24(36)41-18-17-32(3)4;;/h9-10,19H,6-8,11-18H2,1-5H3,(H,29,30,37);2*1H. The van der Waals surface area contributed by atoms with E-state index in [0.29, 0.717) is 73.9 Å². The molecule has 1 N–H and O–H groups in total. The highest BCUT2D eigenvalue weighted by molar-refractivity contribution is 7.89. The molecule has 1 aromatic carbocycles. The Hall–Kier alpha value is -2.75. The summed E-state index contributed by atoms with van der Waals surface area (Å²) in [6, 6.07) is 4.63. The van der Waals surface area contributed by atoms with E-state index in [-0.39, 0.29) is 66.6 Å². The molecule has 3 heterocycles. The van der Waals surface area contributed by atoms with E-state index in [0.717, 1.165) is 6.42 Å². The van der Waals surface area contributed by atoms with Crippen molar-refractivity contribution in [3.05, 3.63) is 34.2 Å². The van der Waals surface area contributed by atoms with Crippen LogP contribution in [0.25, 0.3) is 22.4 Å². The molecule has 0 unspecified atom stereocenters. The number of ether oxygens (including phenoxy) is 2. The van der Waals surface area contributed by atoms with Crippen molar-refractivity contribution < 1.29 is 22.7 Å². The molecule has 3 aromatic rings. The molecule has 0 atom stereocenters. The lowest BCUT2D eigenvalue weighted by molar-refractivity contribution is -0.144. The summed E-state index contributed by atoms with van der Waals surface area (Å²) in [4.78, 5) is 36.7. The van der Waals surface area contributed by atoms with E-state index in [1.807, 2.05) is 32.8 Å². The number of nitrogens with one attached hydrogen (secondary N) is 1. The van der Waals surface area contributed by atoms with Crippen LogP contribution in [0.2, 0.25) is 0 Å². The van der Waals surface area contributed by atoms with Crippen molar-refractivity contribution in [3.8, 4) is 17.1 Å². The van der Waals surface area contributed by atoms with Gasteiger partial charge in [-0.15, -0.1) is 24.8 Å². The number of rotatable bonds is 13. The fraction of sp³-hybridized carbons (Fsp3) is 0.571. The number of carbonyl (C=O) groups is 1. The topological polar surface area (TPSA) is 143 Å². The van der Waals surface area contributed by atoms with Gasteiger partial charge in [-0.2, -0.15) is 9.40 Å². The lowest BCUT2D eigenvalue weighted by atomic mass is 10.1. The van der Waals surface area contributed by atoms with Gasteiger partial charge in [-0.3, -0.25) is 14.3 Å². The van der Waals surface area contributed by atoms with Gasteiger partial charge in [0, 0.05) is 46.3 Å². The van der Waals surface area contributed by atoms with E-state index in [9.17, 15) is 18.0 Å². The molecule has 1 fully saturated rings. The van der Waals surface area contributed by atoms with Crippen LogP contribution in [0.5, 0.6) is 5.75 Å². The van der Waals surface area contributed by atoms with Crippen LogP contribution in [0, 0.1) is 0 Å². The molecule has 44 heavy (non-hydrogen) atoms. The number of fused-ring (bicyclic) bond motifs is 1. The van der Waals surface area contributed by atoms with Crippen molar-refractivity contribution in [2.75, 3.05) is 66.6 Å². The van der Waals surface area contributed by atoms with Crippen LogP contribution in [0.3, 0.4) is 0 Å². The van der Waals surface area contributed by atoms with Crippen molar-refractivity contribution >= 4 is 51.8 Å². The van der Waals surface area contributed by atoms with Crippen LogP contribution < -0.4 is 10.3 Å². The summed E-state index contributed by atoms with van der Waals surface area (Å²) in [6.07, 6.45) is 1.75. The number of nitrogens with zero attached hydrogens (tertiary/aromatic N) is 6. The van der Waals surface area contributed by atoms with Gasteiger partial charge in [0.2, 0.25) is 10.0 Å². The Labute approximate surface area is 270 Å². The summed E-state index contributed by atoms with van der Waals surface area (Å²) in [5.74, 6) is 0.384. The van der Waals surface area contributed by atoms with Gasteiger partial charge in [-0.1, -0.05) is 13.3 Å². The molecule has 0 spiro atoms. The second kappa shape index (κ2) is 16.5. The number of sulfonamides is 1. The lowest BCUT2D eigenvalue weighted by Crippen LogP contribution is -2.49. The molecule has 13 nitrogen and oxygen atoms in total. The highest BCUT2D eigenvalue weighted by Crippen LogP contribution is 2.32. The first-order chi connectivity index (χ1) is 20.0. The Morgan fingerprint density at radius 2 is 1.82 bits per heavy atom. The Balaban J connectivity index is 0.00000337.